The van der Waals surface area contributed by atoms with Crippen molar-refractivity contribution in [1.82, 2.24) is 0 Å². The number of carbonyl (C=O) groups is 4. The molecule has 0 amide bonds. The number of carbonyl (C=O) groups excluding carboxylic acids is 4. The monoisotopic (exact) mass is 397 g/mol. The summed E-state index contributed by atoms with van der Waals surface area (Å²) in [6.45, 7) is 5.43. The summed E-state index contributed by atoms with van der Waals surface area (Å²) in [7, 11) is 0. The van der Waals surface area contributed by atoms with E-state index in [0.717, 1.165) is 0 Å². The molecule has 0 saturated carbocycles. The van der Waals surface area contributed by atoms with Gasteiger partial charge in [0.15, 0.2) is 0 Å². The minimum absolute atomic E-state index is 0. The van der Waals surface area contributed by atoms with Crippen LogP contribution in [0.1, 0.15) is 0 Å². The average molecular weight is 398 g/mol. The fraction of sp³-hybridized carbons (Fsp3) is 0.400. The molecule has 0 fully saturated rings. The van der Waals surface area contributed by atoms with Crippen LogP contribution in [-0.4, -0.2) is 46.7 Å². The maximum Gasteiger partial charge on any atom is 2.00 e. The van der Waals surface area contributed by atoms with Gasteiger partial charge in [0.2, 0.25) is 11.6 Å². The second kappa shape index (κ2) is 11.8. The third-order valence-electron chi connectivity index (χ3n) is 1.50. The van der Waals surface area contributed by atoms with Gasteiger partial charge < -0.3 is 23.4 Å². The van der Waals surface area contributed by atoms with E-state index in [0.29, 0.717) is 0 Å². The van der Waals surface area contributed by atoms with Crippen molar-refractivity contribution in [2.75, 3.05) is 0 Å². The van der Waals surface area contributed by atoms with Crippen molar-refractivity contribution in [3.63, 3.8) is 0 Å². The maximum atomic E-state index is 11.4. The van der Waals surface area contributed by atoms with Crippen LogP contribution in [-0.2, 0) is 36.0 Å². The molecule has 0 aliphatic rings. The van der Waals surface area contributed by atoms with Gasteiger partial charge in [-0.1, -0.05) is 0 Å². The normalized spacial score (nSPS) is 12.6. The SMILES string of the molecule is [CH2-]C(=O)C(Cl)C(=O)C(F)F.[CH2-]C(=O)C(Cl)C(=O)C(F)F.[Co+2]. The molecule has 4 nitrogen and oxygen atoms in total. The van der Waals surface area contributed by atoms with Gasteiger partial charge >= 0.3 is 16.8 Å². The quantitative estimate of drug-likeness (QED) is 0.296. The Kier molecular flexibility index (Phi) is 14.2. The molecule has 21 heavy (non-hydrogen) atoms. The van der Waals surface area contributed by atoms with Crippen LogP contribution in [0.25, 0.3) is 0 Å². The summed E-state index contributed by atoms with van der Waals surface area (Å²) in [5.41, 5.74) is 0. The fourth-order valence-corrected chi connectivity index (χ4v) is 0.729. The molecule has 1 radical (unpaired) electrons. The molecule has 0 N–H and O–H groups in total. The molecule has 0 aromatic carbocycles. The number of ketones is 4. The number of halogens is 6. The Morgan fingerprint density at radius 2 is 0.905 bits per heavy atom. The molecular formula is C10H8Cl2CoF4O4. The molecule has 0 rings (SSSR count). The van der Waals surface area contributed by atoms with Gasteiger partial charge in [-0.25, -0.2) is 17.6 Å². The van der Waals surface area contributed by atoms with Gasteiger partial charge in [0.25, 0.3) is 12.9 Å². The van der Waals surface area contributed by atoms with Gasteiger partial charge in [-0.2, -0.15) is 0 Å². The Hall–Kier alpha value is -0.774. The maximum absolute atomic E-state index is 11.4. The molecule has 0 aliphatic heterocycles. The van der Waals surface area contributed by atoms with Crippen molar-refractivity contribution in [3.8, 4) is 0 Å². The van der Waals surface area contributed by atoms with Crippen molar-refractivity contribution in [2.45, 2.75) is 23.6 Å². The van der Waals surface area contributed by atoms with Gasteiger partial charge in [-0.15, -0.1) is 23.2 Å². The third kappa shape index (κ3) is 10.6. The van der Waals surface area contributed by atoms with Crippen LogP contribution in [0.3, 0.4) is 0 Å². The molecule has 0 aromatic heterocycles. The summed E-state index contributed by atoms with van der Waals surface area (Å²) in [5, 5.41) is -3.61. The number of Topliss-reactive ketones (excluding diaryl/α,β-unsaturated/α-hetero) is 4. The van der Waals surface area contributed by atoms with E-state index in [1.54, 1.807) is 0 Å². The topological polar surface area (TPSA) is 68.3 Å². The molecule has 11 heteroatoms. The molecule has 0 saturated heterocycles. The Balaban J connectivity index is -0.000000295. The number of hydrogen-bond donors (Lipinski definition) is 0. The summed E-state index contributed by atoms with van der Waals surface area (Å²) in [4.78, 5) is 40.5. The number of rotatable bonds is 6. The van der Waals surface area contributed by atoms with Gasteiger partial charge in [0, 0.05) is 11.6 Å². The van der Waals surface area contributed by atoms with Crippen LogP contribution in [0.5, 0.6) is 0 Å². The molecule has 0 spiro atoms. The largest absolute Gasteiger partial charge is 2.00 e. The van der Waals surface area contributed by atoms with E-state index in [2.05, 4.69) is 13.8 Å². The first-order valence-electron chi connectivity index (χ1n) is 4.56. The van der Waals surface area contributed by atoms with E-state index in [1.807, 2.05) is 0 Å². The van der Waals surface area contributed by atoms with Crippen molar-refractivity contribution in [3.05, 3.63) is 13.8 Å². The molecule has 2 atom stereocenters. The minimum Gasteiger partial charge on any atom is -0.337 e. The minimum atomic E-state index is -3.20. The molecule has 123 valence electrons. The Labute approximate surface area is 137 Å². The van der Waals surface area contributed by atoms with Crippen LogP contribution in [0.4, 0.5) is 17.6 Å². The molecule has 2 unspecified atom stereocenters. The summed E-state index contributed by atoms with van der Waals surface area (Å²) >= 11 is 9.84. The van der Waals surface area contributed by atoms with E-state index in [4.69, 9.17) is 23.2 Å². The predicted octanol–water partition coefficient (Wildman–Crippen LogP) is 1.66. The molecule has 0 bridgehead atoms. The van der Waals surface area contributed by atoms with Crippen LogP contribution >= 0.6 is 23.2 Å². The third-order valence-corrected chi connectivity index (χ3v) is 2.41. The van der Waals surface area contributed by atoms with E-state index in [9.17, 15) is 36.7 Å². The Morgan fingerprint density at radius 1 is 0.714 bits per heavy atom. The molecule has 0 heterocycles. The van der Waals surface area contributed by atoms with Gasteiger partial charge in [0.1, 0.15) is 10.8 Å². The predicted molar refractivity (Wildman–Crippen MR) is 62.0 cm³/mol. The molecule has 0 aromatic rings. The van der Waals surface area contributed by atoms with Crippen molar-refractivity contribution in [1.29, 1.82) is 0 Å². The fourth-order valence-electron chi connectivity index (χ4n) is 0.539. The van der Waals surface area contributed by atoms with E-state index < -0.39 is 46.7 Å². The van der Waals surface area contributed by atoms with Crippen molar-refractivity contribution in [2.24, 2.45) is 0 Å². The average Bonchev–Trinajstić information content (AvgIpc) is 2.35. The first-order valence-corrected chi connectivity index (χ1v) is 5.44. The van der Waals surface area contributed by atoms with Crippen LogP contribution in [0.2, 0.25) is 0 Å². The zero-order chi connectivity index (χ0) is 16.6. The number of alkyl halides is 6. The zero-order valence-corrected chi connectivity index (χ0v) is 12.5. The smallest absolute Gasteiger partial charge is 0.337 e. The summed E-state index contributed by atoms with van der Waals surface area (Å²) in [5.74, 6) is -5.21. The molecular weight excluding hydrogens is 390 g/mol. The van der Waals surface area contributed by atoms with Crippen LogP contribution in [0.15, 0.2) is 0 Å². The van der Waals surface area contributed by atoms with Crippen LogP contribution < -0.4 is 0 Å². The summed E-state index contributed by atoms with van der Waals surface area (Å²) < 4.78 is 45.7. The second-order valence-corrected chi connectivity index (χ2v) is 3.94. The van der Waals surface area contributed by atoms with Gasteiger partial charge in [-0.3, -0.25) is 9.59 Å². The standard InChI is InChI=1S/2C5H4ClF2O2.Co/c2*1-2(9)3(6)4(10)5(7)8;/h2*3,5H,1H2;/q2*-1;+2. The first kappa shape index (κ1) is 25.2. The summed E-state index contributed by atoms with van der Waals surface area (Å²) in [6, 6.07) is 0. The van der Waals surface area contributed by atoms with Gasteiger partial charge in [0.05, 0.1) is 0 Å². The van der Waals surface area contributed by atoms with E-state index >= 15 is 0 Å². The van der Waals surface area contributed by atoms with Crippen LogP contribution in [0, 0.1) is 13.8 Å². The van der Waals surface area contributed by atoms with Crippen molar-refractivity contribution >= 4 is 46.3 Å². The van der Waals surface area contributed by atoms with Gasteiger partial charge in [-0.05, 0) is 0 Å². The van der Waals surface area contributed by atoms with E-state index in [1.165, 1.54) is 0 Å². The Morgan fingerprint density at radius 3 is 0.952 bits per heavy atom. The van der Waals surface area contributed by atoms with E-state index in [-0.39, 0.29) is 16.8 Å². The molecule has 0 aliphatic carbocycles. The zero-order valence-electron chi connectivity index (χ0n) is 9.96. The Bertz CT molecular complexity index is 357. The number of hydrogen-bond acceptors (Lipinski definition) is 4. The summed E-state index contributed by atoms with van der Waals surface area (Å²) in [6.07, 6.45) is -6.40. The first-order chi connectivity index (χ1) is 8.93. The second-order valence-electron chi connectivity index (χ2n) is 3.06. The van der Waals surface area contributed by atoms with Crippen molar-refractivity contribution < 1.29 is 53.5 Å².